The molecule has 0 bridgehead atoms. The first-order valence-corrected chi connectivity index (χ1v) is 11.5. The summed E-state index contributed by atoms with van der Waals surface area (Å²) in [5.41, 5.74) is 0.728. The van der Waals surface area contributed by atoms with E-state index in [9.17, 15) is 10.1 Å². The topological polar surface area (TPSA) is 108 Å². The van der Waals surface area contributed by atoms with E-state index in [1.54, 1.807) is 27.5 Å². The van der Waals surface area contributed by atoms with E-state index in [4.69, 9.17) is 16.7 Å². The molecule has 5 aromatic rings. The van der Waals surface area contributed by atoms with Gasteiger partial charge in [-0.1, -0.05) is 43.6 Å². The number of nitrogens with zero attached hydrogens (tertiary/aromatic N) is 7. The molecule has 0 spiro atoms. The zero-order chi connectivity index (χ0) is 24.5. The number of hydrogen-bond donors (Lipinski definition) is 1. The largest absolute Gasteiger partial charge is 0.345 e. The van der Waals surface area contributed by atoms with Gasteiger partial charge in [0.1, 0.15) is 34.9 Å². The molecule has 10 heteroatoms. The minimum Gasteiger partial charge on any atom is -0.345 e. The number of fused-ring (bicyclic) bond motifs is 2. The molecule has 35 heavy (non-hydrogen) atoms. The molecule has 1 aliphatic rings. The normalized spacial score (nSPS) is 19.1. The number of nitriles is 1. The van der Waals surface area contributed by atoms with Crippen molar-refractivity contribution in [3.63, 3.8) is 0 Å². The van der Waals surface area contributed by atoms with Crippen LogP contribution >= 0.6 is 11.6 Å². The molecule has 5 heterocycles. The number of halogens is 1. The molecule has 0 radical (unpaired) electrons. The van der Waals surface area contributed by atoms with E-state index in [1.165, 1.54) is 6.33 Å². The van der Waals surface area contributed by atoms with Crippen LogP contribution in [0.2, 0.25) is 5.02 Å². The van der Waals surface area contributed by atoms with Crippen LogP contribution in [0, 0.1) is 16.7 Å². The Hall–Kier alpha value is -4.16. The highest BCUT2D eigenvalue weighted by Crippen LogP contribution is 2.55. The van der Waals surface area contributed by atoms with Crippen molar-refractivity contribution < 1.29 is 0 Å². The second kappa shape index (κ2) is 7.17. The molecule has 0 unspecified atom stereocenters. The van der Waals surface area contributed by atoms with Crippen molar-refractivity contribution >= 4 is 34.0 Å². The summed E-state index contributed by atoms with van der Waals surface area (Å²) in [4.78, 5) is 27.9. The molecule has 1 saturated heterocycles. The number of para-hydroxylation sites is 1. The number of aromatic amines is 1. The molecule has 174 valence electrons. The first kappa shape index (κ1) is 21.4. The van der Waals surface area contributed by atoms with Crippen LogP contribution in [0.4, 0.5) is 5.82 Å². The average molecular weight is 485 g/mol. The fourth-order valence-corrected chi connectivity index (χ4v) is 5.32. The van der Waals surface area contributed by atoms with Crippen LogP contribution < -0.4 is 10.5 Å². The van der Waals surface area contributed by atoms with Crippen LogP contribution in [0.15, 0.2) is 59.9 Å². The summed E-state index contributed by atoms with van der Waals surface area (Å²) >= 11 is 6.38. The van der Waals surface area contributed by atoms with Crippen LogP contribution in [0.25, 0.3) is 22.2 Å². The lowest BCUT2D eigenvalue weighted by Crippen LogP contribution is -2.70. The first-order chi connectivity index (χ1) is 16.8. The number of hydrogen-bond acceptors (Lipinski definition) is 6. The van der Waals surface area contributed by atoms with Crippen LogP contribution in [-0.2, 0) is 5.54 Å². The Morgan fingerprint density at radius 2 is 1.91 bits per heavy atom. The lowest BCUT2D eigenvalue weighted by Gasteiger charge is -2.62. The highest BCUT2D eigenvalue weighted by Gasteiger charge is 2.60. The minimum absolute atomic E-state index is 0.257. The summed E-state index contributed by atoms with van der Waals surface area (Å²) in [5.74, 6) is 1.17. The molecule has 0 amide bonds. The lowest BCUT2D eigenvalue weighted by molar-refractivity contribution is 0.0651. The van der Waals surface area contributed by atoms with Gasteiger partial charge in [0, 0.05) is 24.4 Å². The molecule has 1 aliphatic heterocycles. The third-order valence-electron chi connectivity index (χ3n) is 7.32. The maximum atomic E-state index is 13.9. The molecule has 0 aliphatic carbocycles. The van der Waals surface area contributed by atoms with Crippen LogP contribution in [0.1, 0.15) is 32.2 Å². The molecule has 6 rings (SSSR count). The quantitative estimate of drug-likeness (QED) is 0.414. The molecular formula is C25H21ClN8O. The van der Waals surface area contributed by atoms with E-state index in [-0.39, 0.29) is 11.0 Å². The average Bonchev–Trinajstić information content (AvgIpc) is 3.46. The fraction of sp³-hybridized carbons (Fsp3) is 0.240. The highest BCUT2D eigenvalue weighted by atomic mass is 35.5. The SMILES string of the molecule is CC1(C)CN(c2ncnc3[nH]cc(C#N)c23)[C@]1(C)c1nn2ccc(Cl)c2c(=O)n1-c1ccccc1. The summed E-state index contributed by atoms with van der Waals surface area (Å²) in [6.45, 7) is 6.97. The molecule has 0 saturated carbocycles. The smallest absolute Gasteiger partial charge is 0.284 e. The summed E-state index contributed by atoms with van der Waals surface area (Å²) in [7, 11) is 0. The van der Waals surface area contributed by atoms with Crippen LogP contribution in [0.3, 0.4) is 0 Å². The molecule has 1 fully saturated rings. The zero-order valence-electron chi connectivity index (χ0n) is 19.3. The van der Waals surface area contributed by atoms with Gasteiger partial charge < -0.3 is 9.88 Å². The number of rotatable bonds is 3. The Bertz CT molecular complexity index is 1730. The number of H-pyrrole nitrogens is 1. The van der Waals surface area contributed by atoms with Crippen LogP contribution in [-0.4, -0.2) is 35.7 Å². The number of benzene rings is 1. The standard InChI is InChI=1S/C25H21ClN8O/c1-24(2)13-32(21-18-15(11-27)12-28-20(18)29-14-30-21)25(24,3)23-31-33-10-9-17(26)19(33)22(35)34(23)16-7-5-4-6-8-16/h4-10,12,14H,13H2,1-3H3,(H,28,29,30)/t25-/m1/s1. The summed E-state index contributed by atoms with van der Waals surface area (Å²) < 4.78 is 3.18. The van der Waals surface area contributed by atoms with Crippen molar-refractivity contribution in [1.29, 1.82) is 5.26 Å². The van der Waals surface area contributed by atoms with Crippen molar-refractivity contribution in [2.24, 2.45) is 5.41 Å². The fourth-order valence-electron chi connectivity index (χ4n) is 5.09. The van der Waals surface area contributed by atoms with Crippen molar-refractivity contribution in [3.05, 3.63) is 81.9 Å². The van der Waals surface area contributed by atoms with Gasteiger partial charge in [-0.25, -0.2) is 14.5 Å². The van der Waals surface area contributed by atoms with Crippen LogP contribution in [0.5, 0.6) is 0 Å². The molecule has 9 nitrogen and oxygen atoms in total. The second-order valence-electron chi connectivity index (χ2n) is 9.53. The molecule has 4 aromatic heterocycles. The Kier molecular flexibility index (Phi) is 4.38. The number of anilines is 1. The first-order valence-electron chi connectivity index (χ1n) is 11.1. The molecule has 1 atom stereocenters. The van der Waals surface area contributed by atoms with E-state index in [2.05, 4.69) is 46.7 Å². The van der Waals surface area contributed by atoms with Gasteiger partial charge in [0.15, 0.2) is 5.82 Å². The van der Waals surface area contributed by atoms with Crippen molar-refractivity contribution in [1.82, 2.24) is 29.1 Å². The molecule has 1 N–H and O–H groups in total. The van der Waals surface area contributed by atoms with Gasteiger partial charge in [0.25, 0.3) is 5.56 Å². The van der Waals surface area contributed by atoms with Gasteiger partial charge in [0.05, 0.1) is 21.7 Å². The Labute approximate surface area is 205 Å². The predicted octanol–water partition coefficient (Wildman–Crippen LogP) is 4.04. The Morgan fingerprint density at radius 3 is 2.63 bits per heavy atom. The van der Waals surface area contributed by atoms with Gasteiger partial charge in [-0.3, -0.25) is 9.36 Å². The summed E-state index contributed by atoms with van der Waals surface area (Å²) in [6.07, 6.45) is 4.81. The number of nitrogens with one attached hydrogen (secondary N) is 1. The maximum Gasteiger partial charge on any atom is 0.284 e. The van der Waals surface area contributed by atoms with Crippen molar-refractivity contribution in [2.45, 2.75) is 26.3 Å². The second-order valence-corrected chi connectivity index (χ2v) is 9.94. The zero-order valence-corrected chi connectivity index (χ0v) is 20.1. The van der Waals surface area contributed by atoms with Gasteiger partial charge in [0.2, 0.25) is 0 Å². The van der Waals surface area contributed by atoms with Crippen molar-refractivity contribution in [3.8, 4) is 11.8 Å². The van der Waals surface area contributed by atoms with Gasteiger partial charge >= 0.3 is 0 Å². The molecular weight excluding hydrogens is 464 g/mol. The maximum absolute atomic E-state index is 13.9. The van der Waals surface area contributed by atoms with Gasteiger partial charge in [-0.2, -0.15) is 10.4 Å². The van der Waals surface area contributed by atoms with E-state index >= 15 is 0 Å². The predicted molar refractivity (Wildman–Crippen MR) is 133 cm³/mol. The summed E-state index contributed by atoms with van der Waals surface area (Å²) in [5, 5.41) is 15.6. The van der Waals surface area contributed by atoms with E-state index in [1.807, 2.05) is 30.3 Å². The monoisotopic (exact) mass is 484 g/mol. The number of aromatic nitrogens is 6. The Balaban J connectivity index is 1.68. The lowest BCUT2D eigenvalue weighted by atomic mass is 9.63. The highest BCUT2D eigenvalue weighted by molar-refractivity contribution is 6.33. The van der Waals surface area contributed by atoms with E-state index in [0.717, 1.165) is 0 Å². The van der Waals surface area contributed by atoms with Gasteiger partial charge in [-0.15, -0.1) is 0 Å². The van der Waals surface area contributed by atoms with E-state index in [0.29, 0.717) is 51.0 Å². The van der Waals surface area contributed by atoms with Crippen molar-refractivity contribution in [2.75, 3.05) is 11.4 Å². The van der Waals surface area contributed by atoms with Gasteiger partial charge in [-0.05, 0) is 25.1 Å². The molecule has 1 aromatic carbocycles. The Morgan fingerprint density at radius 1 is 1.14 bits per heavy atom. The third kappa shape index (κ3) is 2.74. The summed E-state index contributed by atoms with van der Waals surface area (Å²) in [6, 6.07) is 13.3. The minimum atomic E-state index is -0.766. The van der Waals surface area contributed by atoms with E-state index < -0.39 is 5.54 Å². The third-order valence-corrected chi connectivity index (χ3v) is 7.63.